The number of hydrogen-bond donors (Lipinski definition) is 2. The average molecular weight is 417 g/mol. The van der Waals surface area contributed by atoms with E-state index in [1.807, 2.05) is 73.7 Å². The fourth-order valence-corrected chi connectivity index (χ4v) is 3.32. The van der Waals surface area contributed by atoms with Gasteiger partial charge in [0.1, 0.15) is 5.69 Å². The normalized spacial score (nSPS) is 10.6. The van der Waals surface area contributed by atoms with Crippen LogP contribution in [0.5, 0.6) is 0 Å². The maximum absolute atomic E-state index is 13.0. The largest absolute Gasteiger partial charge is 0.298 e. The summed E-state index contributed by atoms with van der Waals surface area (Å²) in [5.74, 6) is -0.273. The third-order valence-corrected chi connectivity index (χ3v) is 4.90. The van der Waals surface area contributed by atoms with Crippen molar-refractivity contribution in [3.8, 4) is 11.3 Å². The van der Waals surface area contributed by atoms with E-state index in [0.717, 1.165) is 16.7 Å². The molecule has 5 nitrogen and oxygen atoms in total. The van der Waals surface area contributed by atoms with E-state index in [2.05, 4.69) is 10.9 Å². The summed E-state index contributed by atoms with van der Waals surface area (Å²) < 4.78 is 1.79. The van der Waals surface area contributed by atoms with Gasteiger partial charge in [-0.25, -0.2) is 0 Å². The van der Waals surface area contributed by atoms with Crippen molar-refractivity contribution in [2.24, 2.45) is 0 Å². The number of aryl methyl sites for hydroxylation is 1. The van der Waals surface area contributed by atoms with Gasteiger partial charge in [-0.2, -0.15) is 5.10 Å². The Morgan fingerprint density at radius 3 is 2.50 bits per heavy atom. The molecule has 0 aliphatic carbocycles. The Morgan fingerprint density at radius 1 is 1.00 bits per heavy atom. The monoisotopic (exact) mass is 416 g/mol. The molecule has 4 rings (SSSR count). The van der Waals surface area contributed by atoms with E-state index in [0.29, 0.717) is 28.5 Å². The highest BCUT2D eigenvalue weighted by molar-refractivity contribution is 6.30. The zero-order chi connectivity index (χ0) is 20.9. The van der Waals surface area contributed by atoms with Crippen LogP contribution in [0.25, 0.3) is 11.3 Å². The number of hydrogen-bond acceptors (Lipinski definition) is 3. The predicted octanol–water partition coefficient (Wildman–Crippen LogP) is 5.32. The van der Waals surface area contributed by atoms with Crippen LogP contribution in [0, 0.1) is 6.92 Å². The highest BCUT2D eigenvalue weighted by Crippen LogP contribution is 2.23. The Bertz CT molecular complexity index is 1150. The standard InChI is InChI=1S/C24H21ClN4O/c1-17-10-12-19(13-11-17)23-22(16-29(28-23)15-18-6-3-2-4-7-18)24(30)27-26-21-9-5-8-20(25)14-21/h2-14,16,26H,15H2,1H3,(H,27,30). The second kappa shape index (κ2) is 8.84. The molecule has 0 aliphatic heterocycles. The van der Waals surface area contributed by atoms with Crippen LogP contribution in [0.3, 0.4) is 0 Å². The molecule has 0 radical (unpaired) electrons. The van der Waals surface area contributed by atoms with Crippen LogP contribution in [0.1, 0.15) is 21.5 Å². The van der Waals surface area contributed by atoms with E-state index < -0.39 is 0 Å². The number of halogens is 1. The summed E-state index contributed by atoms with van der Waals surface area (Å²) in [6, 6.07) is 25.2. The second-order valence-corrected chi connectivity index (χ2v) is 7.47. The summed E-state index contributed by atoms with van der Waals surface area (Å²) in [6.07, 6.45) is 1.77. The molecule has 0 spiro atoms. The van der Waals surface area contributed by atoms with Gasteiger partial charge in [0, 0.05) is 16.8 Å². The lowest BCUT2D eigenvalue weighted by Crippen LogP contribution is -2.29. The van der Waals surface area contributed by atoms with Gasteiger partial charge in [-0.3, -0.25) is 20.3 Å². The molecule has 0 unspecified atom stereocenters. The molecule has 0 aliphatic rings. The Balaban J connectivity index is 1.62. The van der Waals surface area contributed by atoms with Gasteiger partial charge in [-0.1, -0.05) is 77.8 Å². The lowest BCUT2D eigenvalue weighted by molar-refractivity contribution is 0.0963. The van der Waals surface area contributed by atoms with Crippen molar-refractivity contribution < 1.29 is 4.79 Å². The minimum absolute atomic E-state index is 0.273. The number of amides is 1. The second-order valence-electron chi connectivity index (χ2n) is 7.03. The Kier molecular flexibility index (Phi) is 5.82. The first-order valence-corrected chi connectivity index (χ1v) is 9.96. The highest BCUT2D eigenvalue weighted by Gasteiger charge is 2.18. The molecule has 30 heavy (non-hydrogen) atoms. The maximum atomic E-state index is 13.0. The van der Waals surface area contributed by atoms with Gasteiger partial charge < -0.3 is 0 Å². The summed E-state index contributed by atoms with van der Waals surface area (Å²) in [5, 5.41) is 5.29. The number of nitrogens with one attached hydrogen (secondary N) is 2. The van der Waals surface area contributed by atoms with Gasteiger partial charge in [0.2, 0.25) is 0 Å². The van der Waals surface area contributed by atoms with Gasteiger partial charge in [-0.05, 0) is 30.7 Å². The third-order valence-electron chi connectivity index (χ3n) is 4.66. The van der Waals surface area contributed by atoms with E-state index in [1.165, 1.54) is 0 Å². The maximum Gasteiger partial charge on any atom is 0.273 e. The van der Waals surface area contributed by atoms with E-state index in [-0.39, 0.29) is 5.91 Å². The zero-order valence-electron chi connectivity index (χ0n) is 16.5. The third kappa shape index (κ3) is 4.70. The van der Waals surface area contributed by atoms with Gasteiger partial charge in [-0.15, -0.1) is 0 Å². The van der Waals surface area contributed by atoms with Crippen LogP contribution >= 0.6 is 11.6 Å². The van der Waals surface area contributed by atoms with Crippen molar-refractivity contribution in [3.05, 3.63) is 107 Å². The Morgan fingerprint density at radius 2 is 1.77 bits per heavy atom. The number of hydrazine groups is 1. The van der Waals surface area contributed by atoms with Crippen LogP contribution in [0.2, 0.25) is 5.02 Å². The van der Waals surface area contributed by atoms with Crippen molar-refractivity contribution in [1.82, 2.24) is 15.2 Å². The smallest absolute Gasteiger partial charge is 0.273 e. The molecule has 0 saturated heterocycles. The van der Waals surface area contributed by atoms with Crippen LogP contribution in [0.15, 0.2) is 85.1 Å². The van der Waals surface area contributed by atoms with Crippen molar-refractivity contribution in [2.45, 2.75) is 13.5 Å². The molecule has 150 valence electrons. The van der Waals surface area contributed by atoms with Crippen LogP contribution in [-0.2, 0) is 6.54 Å². The first-order valence-electron chi connectivity index (χ1n) is 9.59. The number of nitrogens with zero attached hydrogens (tertiary/aromatic N) is 2. The summed E-state index contributed by atoms with van der Waals surface area (Å²) in [5.41, 5.74) is 10.6. The fourth-order valence-electron chi connectivity index (χ4n) is 3.13. The molecule has 6 heteroatoms. The minimum Gasteiger partial charge on any atom is -0.298 e. The Hall–Kier alpha value is -3.57. The fraction of sp³-hybridized carbons (Fsp3) is 0.0833. The average Bonchev–Trinajstić information content (AvgIpc) is 3.17. The number of rotatable bonds is 6. The summed E-state index contributed by atoms with van der Waals surface area (Å²) in [7, 11) is 0. The molecular weight excluding hydrogens is 396 g/mol. The van der Waals surface area contributed by atoms with Gasteiger partial charge in [0.25, 0.3) is 5.91 Å². The number of carbonyl (C=O) groups excluding carboxylic acids is 1. The van der Waals surface area contributed by atoms with Gasteiger partial charge >= 0.3 is 0 Å². The number of anilines is 1. The summed E-state index contributed by atoms with van der Waals surface area (Å²) in [4.78, 5) is 13.0. The van der Waals surface area contributed by atoms with Crippen LogP contribution in [0.4, 0.5) is 5.69 Å². The SMILES string of the molecule is Cc1ccc(-c2nn(Cc3ccccc3)cc2C(=O)NNc2cccc(Cl)c2)cc1. The number of aromatic nitrogens is 2. The van der Waals surface area contributed by atoms with Gasteiger partial charge in [0.15, 0.2) is 0 Å². The van der Waals surface area contributed by atoms with Crippen LogP contribution < -0.4 is 10.9 Å². The quantitative estimate of drug-likeness (QED) is 0.418. The zero-order valence-corrected chi connectivity index (χ0v) is 17.2. The lowest BCUT2D eigenvalue weighted by Gasteiger charge is -2.09. The van der Waals surface area contributed by atoms with E-state index in [9.17, 15) is 4.79 Å². The molecule has 1 aromatic heterocycles. The van der Waals surface area contributed by atoms with Crippen molar-refractivity contribution in [3.63, 3.8) is 0 Å². The van der Waals surface area contributed by atoms with E-state index >= 15 is 0 Å². The summed E-state index contributed by atoms with van der Waals surface area (Å²) >= 11 is 6.01. The van der Waals surface area contributed by atoms with E-state index in [1.54, 1.807) is 23.0 Å². The molecule has 0 fully saturated rings. The topological polar surface area (TPSA) is 59.0 Å². The lowest BCUT2D eigenvalue weighted by atomic mass is 10.1. The van der Waals surface area contributed by atoms with Crippen LogP contribution in [-0.4, -0.2) is 15.7 Å². The van der Waals surface area contributed by atoms with Crippen molar-refractivity contribution in [2.75, 3.05) is 5.43 Å². The molecule has 0 atom stereocenters. The highest BCUT2D eigenvalue weighted by atomic mass is 35.5. The molecule has 1 amide bonds. The Labute approximate surface area is 180 Å². The van der Waals surface area contributed by atoms with E-state index in [4.69, 9.17) is 16.7 Å². The molecule has 2 N–H and O–H groups in total. The molecular formula is C24H21ClN4O. The molecule has 3 aromatic carbocycles. The molecule has 0 saturated carbocycles. The first kappa shape index (κ1) is 19.7. The number of carbonyl (C=O) groups is 1. The predicted molar refractivity (Wildman–Crippen MR) is 120 cm³/mol. The first-order chi connectivity index (χ1) is 14.6. The number of benzene rings is 3. The molecule has 4 aromatic rings. The van der Waals surface area contributed by atoms with Gasteiger partial charge in [0.05, 0.1) is 17.8 Å². The van der Waals surface area contributed by atoms with Crippen molar-refractivity contribution >= 4 is 23.2 Å². The van der Waals surface area contributed by atoms with Crippen molar-refractivity contribution in [1.29, 1.82) is 0 Å². The summed E-state index contributed by atoms with van der Waals surface area (Å²) in [6.45, 7) is 2.61. The molecule has 1 heterocycles. The minimum atomic E-state index is -0.273. The molecule has 0 bridgehead atoms.